The second-order valence-corrected chi connectivity index (χ2v) is 4.39. The lowest BCUT2D eigenvalue weighted by molar-refractivity contribution is 0.517. The molecule has 0 amide bonds. The number of para-hydroxylation sites is 2. The summed E-state index contributed by atoms with van der Waals surface area (Å²) in [6.45, 7) is 0.934. The molecule has 2 N–H and O–H groups in total. The molecule has 2 aromatic carbocycles. The average Bonchev–Trinajstić information content (AvgIpc) is 2.76. The molecule has 0 aliphatic rings. The van der Waals surface area contributed by atoms with E-state index in [4.69, 9.17) is 10.2 Å². The fraction of sp³-hybridized carbons (Fsp3) is 0.133. The van der Waals surface area contributed by atoms with Crippen molar-refractivity contribution in [2.45, 2.75) is 13.1 Å². The standard InChI is InChI=1S/C15H14N2O2/c16-9-11-5-1-2-6-12(11)10-17-13-7-3-4-8-14(13)19-15(17)18/h1-8H,9-10,16H2. The number of nitrogens with two attached hydrogens (primary N) is 1. The summed E-state index contributed by atoms with van der Waals surface area (Å²) < 4.78 is 6.85. The van der Waals surface area contributed by atoms with E-state index in [1.165, 1.54) is 0 Å². The number of nitrogens with zero attached hydrogens (tertiary/aromatic N) is 1. The summed E-state index contributed by atoms with van der Waals surface area (Å²) >= 11 is 0. The summed E-state index contributed by atoms with van der Waals surface area (Å²) in [4.78, 5) is 11.9. The van der Waals surface area contributed by atoms with Crippen LogP contribution >= 0.6 is 0 Å². The Hall–Kier alpha value is -2.33. The number of hydrogen-bond donors (Lipinski definition) is 1. The lowest BCUT2D eigenvalue weighted by atomic mass is 10.1. The first-order chi connectivity index (χ1) is 9.29. The number of rotatable bonds is 3. The third-order valence-electron chi connectivity index (χ3n) is 3.24. The Bertz CT molecular complexity index is 771. The third kappa shape index (κ3) is 2.06. The molecule has 0 saturated heterocycles. The van der Waals surface area contributed by atoms with Crippen LogP contribution in [0, 0.1) is 0 Å². The van der Waals surface area contributed by atoms with E-state index >= 15 is 0 Å². The van der Waals surface area contributed by atoms with Crippen molar-refractivity contribution < 1.29 is 4.42 Å². The highest BCUT2D eigenvalue weighted by Crippen LogP contribution is 2.15. The quantitative estimate of drug-likeness (QED) is 0.778. The molecule has 0 spiro atoms. The first-order valence-electron chi connectivity index (χ1n) is 6.15. The molecule has 0 atom stereocenters. The molecule has 1 aromatic heterocycles. The number of benzene rings is 2. The number of oxazole rings is 1. The van der Waals surface area contributed by atoms with Crippen LogP contribution in [0.3, 0.4) is 0 Å². The molecular weight excluding hydrogens is 240 g/mol. The van der Waals surface area contributed by atoms with Crippen molar-refractivity contribution in [2.75, 3.05) is 0 Å². The van der Waals surface area contributed by atoms with Gasteiger partial charge in [-0.3, -0.25) is 4.57 Å². The second kappa shape index (κ2) is 4.74. The molecule has 3 rings (SSSR count). The topological polar surface area (TPSA) is 61.2 Å². The van der Waals surface area contributed by atoms with Gasteiger partial charge < -0.3 is 10.2 Å². The van der Waals surface area contributed by atoms with Gasteiger partial charge in [0.1, 0.15) is 0 Å². The average molecular weight is 254 g/mol. The van der Waals surface area contributed by atoms with Crippen LogP contribution in [-0.4, -0.2) is 4.57 Å². The molecule has 96 valence electrons. The monoisotopic (exact) mass is 254 g/mol. The Balaban J connectivity index is 2.11. The molecule has 4 nitrogen and oxygen atoms in total. The number of fused-ring (bicyclic) bond motifs is 1. The molecule has 0 aliphatic heterocycles. The predicted octanol–water partition coefficient (Wildman–Crippen LogP) is 2.10. The molecule has 0 bridgehead atoms. The van der Waals surface area contributed by atoms with Crippen LogP contribution in [-0.2, 0) is 13.1 Å². The van der Waals surface area contributed by atoms with Crippen LogP contribution in [0.1, 0.15) is 11.1 Å². The van der Waals surface area contributed by atoms with Crippen molar-refractivity contribution in [3.8, 4) is 0 Å². The van der Waals surface area contributed by atoms with Gasteiger partial charge in [-0.15, -0.1) is 0 Å². The molecular formula is C15H14N2O2. The highest BCUT2D eigenvalue weighted by molar-refractivity contribution is 5.72. The molecule has 3 aromatic rings. The summed E-state index contributed by atoms with van der Waals surface area (Å²) in [7, 11) is 0. The maximum Gasteiger partial charge on any atom is 0.420 e. The van der Waals surface area contributed by atoms with Gasteiger partial charge in [0.2, 0.25) is 0 Å². The molecule has 4 heteroatoms. The zero-order valence-corrected chi connectivity index (χ0v) is 10.4. The number of hydrogen-bond acceptors (Lipinski definition) is 3. The highest BCUT2D eigenvalue weighted by atomic mass is 16.4. The molecule has 19 heavy (non-hydrogen) atoms. The smallest absolute Gasteiger partial charge is 0.408 e. The zero-order chi connectivity index (χ0) is 13.2. The molecule has 0 fully saturated rings. The predicted molar refractivity (Wildman–Crippen MR) is 73.9 cm³/mol. The van der Waals surface area contributed by atoms with Crippen molar-refractivity contribution in [1.29, 1.82) is 0 Å². The van der Waals surface area contributed by atoms with Crippen molar-refractivity contribution in [3.63, 3.8) is 0 Å². The first-order valence-corrected chi connectivity index (χ1v) is 6.15. The third-order valence-corrected chi connectivity index (χ3v) is 3.24. The maximum absolute atomic E-state index is 11.9. The van der Waals surface area contributed by atoms with Crippen molar-refractivity contribution in [2.24, 2.45) is 5.73 Å². The van der Waals surface area contributed by atoms with Crippen LogP contribution < -0.4 is 11.5 Å². The van der Waals surface area contributed by atoms with Crippen molar-refractivity contribution >= 4 is 11.1 Å². The Morgan fingerprint density at radius 2 is 1.68 bits per heavy atom. The lowest BCUT2D eigenvalue weighted by Gasteiger charge is -2.07. The van der Waals surface area contributed by atoms with Crippen LogP contribution in [0.15, 0.2) is 57.7 Å². The summed E-state index contributed by atoms with van der Waals surface area (Å²) in [6.07, 6.45) is 0. The lowest BCUT2D eigenvalue weighted by Crippen LogP contribution is -2.16. The van der Waals surface area contributed by atoms with E-state index in [0.717, 1.165) is 16.6 Å². The minimum Gasteiger partial charge on any atom is -0.408 e. The van der Waals surface area contributed by atoms with Gasteiger partial charge in [0.05, 0.1) is 12.1 Å². The van der Waals surface area contributed by atoms with Gasteiger partial charge in [0.25, 0.3) is 0 Å². The van der Waals surface area contributed by atoms with Gasteiger partial charge >= 0.3 is 5.76 Å². The fourth-order valence-corrected chi connectivity index (χ4v) is 2.24. The Kier molecular flexibility index (Phi) is 2.93. The Morgan fingerprint density at radius 3 is 2.47 bits per heavy atom. The van der Waals surface area contributed by atoms with E-state index in [1.807, 2.05) is 42.5 Å². The molecule has 0 unspecified atom stereocenters. The molecule has 0 saturated carbocycles. The highest BCUT2D eigenvalue weighted by Gasteiger charge is 2.10. The fourth-order valence-electron chi connectivity index (χ4n) is 2.24. The number of aromatic nitrogens is 1. The summed E-state index contributed by atoms with van der Waals surface area (Å²) in [5.41, 5.74) is 9.22. The van der Waals surface area contributed by atoms with Crippen molar-refractivity contribution in [3.05, 3.63) is 70.2 Å². The van der Waals surface area contributed by atoms with Crippen LogP contribution in [0.2, 0.25) is 0 Å². The van der Waals surface area contributed by atoms with Gasteiger partial charge in [0.15, 0.2) is 5.58 Å². The Morgan fingerprint density at radius 1 is 1.00 bits per heavy atom. The van der Waals surface area contributed by atoms with E-state index in [0.29, 0.717) is 18.7 Å². The maximum atomic E-state index is 11.9. The SMILES string of the molecule is NCc1ccccc1Cn1c(=O)oc2ccccc21. The van der Waals surface area contributed by atoms with E-state index in [1.54, 1.807) is 10.6 Å². The van der Waals surface area contributed by atoms with Crippen LogP contribution in [0.25, 0.3) is 11.1 Å². The van der Waals surface area contributed by atoms with Crippen LogP contribution in [0.4, 0.5) is 0 Å². The van der Waals surface area contributed by atoms with Crippen LogP contribution in [0.5, 0.6) is 0 Å². The minimum atomic E-state index is -0.340. The molecule has 0 aliphatic carbocycles. The van der Waals surface area contributed by atoms with Crippen molar-refractivity contribution in [1.82, 2.24) is 4.57 Å². The summed E-state index contributed by atoms with van der Waals surface area (Å²) in [6, 6.07) is 15.3. The van der Waals surface area contributed by atoms with E-state index < -0.39 is 0 Å². The minimum absolute atomic E-state index is 0.340. The van der Waals surface area contributed by atoms with Gasteiger partial charge in [-0.2, -0.15) is 0 Å². The molecule has 0 radical (unpaired) electrons. The summed E-state index contributed by atoms with van der Waals surface area (Å²) in [5, 5.41) is 0. The van der Waals surface area contributed by atoms with Gasteiger partial charge in [-0.05, 0) is 23.3 Å². The molecule has 1 heterocycles. The first kappa shape index (κ1) is 11.7. The van der Waals surface area contributed by atoms with E-state index in [2.05, 4.69) is 0 Å². The second-order valence-electron chi connectivity index (χ2n) is 4.39. The Labute approximate surface area is 110 Å². The van der Waals surface area contributed by atoms with Gasteiger partial charge in [0, 0.05) is 6.54 Å². The largest absolute Gasteiger partial charge is 0.420 e. The van der Waals surface area contributed by atoms with Gasteiger partial charge in [-0.25, -0.2) is 4.79 Å². The van der Waals surface area contributed by atoms with E-state index in [9.17, 15) is 4.79 Å². The van der Waals surface area contributed by atoms with Gasteiger partial charge in [-0.1, -0.05) is 36.4 Å². The normalized spacial score (nSPS) is 11.0. The summed E-state index contributed by atoms with van der Waals surface area (Å²) in [5.74, 6) is -0.340. The van der Waals surface area contributed by atoms with E-state index in [-0.39, 0.29) is 5.76 Å². The zero-order valence-electron chi connectivity index (χ0n) is 10.4.